The molecule has 1 aliphatic heterocycles. The molecule has 5 nitrogen and oxygen atoms in total. The van der Waals surface area contributed by atoms with E-state index >= 15 is 0 Å². The van der Waals surface area contributed by atoms with Gasteiger partial charge in [0.1, 0.15) is 17.4 Å². The van der Waals surface area contributed by atoms with Crippen LogP contribution < -0.4 is 0 Å². The molecule has 3 atom stereocenters. The van der Waals surface area contributed by atoms with Crippen LogP contribution in [0.2, 0.25) is 0 Å². The van der Waals surface area contributed by atoms with Crippen molar-refractivity contribution in [2.24, 2.45) is 0 Å². The van der Waals surface area contributed by atoms with Gasteiger partial charge in [-0.3, -0.25) is 4.79 Å². The monoisotopic (exact) mass is 314 g/mol. The van der Waals surface area contributed by atoms with Crippen LogP contribution >= 0.6 is 0 Å². The van der Waals surface area contributed by atoms with Crippen molar-refractivity contribution >= 4 is 5.91 Å². The van der Waals surface area contributed by atoms with Crippen molar-refractivity contribution in [1.29, 1.82) is 0 Å². The quantitative estimate of drug-likeness (QED) is 0.853. The minimum atomic E-state index is -0.128. The smallest absolute Gasteiger partial charge is 0.260 e. The van der Waals surface area contributed by atoms with Crippen LogP contribution in [0.1, 0.15) is 47.3 Å². The number of amides is 1. The average Bonchev–Trinajstić information content (AvgIpc) is 2.87. The van der Waals surface area contributed by atoms with Gasteiger partial charge in [0.2, 0.25) is 0 Å². The van der Waals surface area contributed by atoms with Gasteiger partial charge in [-0.25, -0.2) is 0 Å². The van der Waals surface area contributed by atoms with E-state index in [9.17, 15) is 4.79 Å². The summed E-state index contributed by atoms with van der Waals surface area (Å²) in [6.07, 6.45) is -0.128. The van der Waals surface area contributed by atoms with Gasteiger partial charge in [-0.2, -0.15) is 0 Å². The van der Waals surface area contributed by atoms with Crippen LogP contribution in [0, 0.1) is 13.8 Å². The lowest BCUT2D eigenvalue weighted by atomic mass is 9.97. The highest BCUT2D eigenvalue weighted by Crippen LogP contribution is 2.32. The highest BCUT2D eigenvalue weighted by molar-refractivity contribution is 5.96. The molecule has 1 amide bonds. The minimum absolute atomic E-state index is 0.00571. The maximum Gasteiger partial charge on any atom is 0.260 e. The summed E-state index contributed by atoms with van der Waals surface area (Å²) < 4.78 is 11.2. The standard InChI is InChI=1S/C18H22N2O3/c1-11-10-22-17(15-8-6-5-7-9-15)13(3)20(11)18(21)16-12(2)19-23-14(16)4/h5-9,11,13,17H,10H2,1-4H3/t11-,13+,17+/m1/s1. The molecule has 2 aromatic rings. The highest BCUT2D eigenvalue weighted by Gasteiger charge is 2.39. The number of aromatic nitrogens is 1. The summed E-state index contributed by atoms with van der Waals surface area (Å²) in [5.74, 6) is 0.528. The van der Waals surface area contributed by atoms with Gasteiger partial charge in [-0.05, 0) is 33.3 Å². The van der Waals surface area contributed by atoms with E-state index in [-0.39, 0.29) is 24.1 Å². The minimum Gasteiger partial charge on any atom is -0.369 e. The van der Waals surface area contributed by atoms with E-state index in [1.165, 1.54) is 0 Å². The Morgan fingerprint density at radius 2 is 1.91 bits per heavy atom. The third kappa shape index (κ3) is 2.77. The zero-order valence-corrected chi connectivity index (χ0v) is 13.9. The Bertz CT molecular complexity index is 676. The Morgan fingerprint density at radius 1 is 1.22 bits per heavy atom. The van der Waals surface area contributed by atoms with Gasteiger partial charge in [-0.15, -0.1) is 0 Å². The van der Waals surface area contributed by atoms with Crippen LogP contribution in [0.4, 0.5) is 0 Å². The zero-order valence-electron chi connectivity index (χ0n) is 13.9. The number of nitrogens with zero attached hydrogens (tertiary/aromatic N) is 2. The topological polar surface area (TPSA) is 55.6 Å². The van der Waals surface area contributed by atoms with Crippen molar-refractivity contribution < 1.29 is 14.1 Å². The fourth-order valence-corrected chi connectivity index (χ4v) is 3.33. The predicted molar refractivity (Wildman–Crippen MR) is 86.2 cm³/mol. The number of aryl methyl sites for hydroxylation is 2. The van der Waals surface area contributed by atoms with Gasteiger partial charge in [0.15, 0.2) is 0 Å². The molecule has 2 heterocycles. The van der Waals surface area contributed by atoms with Gasteiger partial charge in [0.25, 0.3) is 5.91 Å². The second-order valence-electron chi connectivity index (χ2n) is 6.17. The zero-order chi connectivity index (χ0) is 16.6. The first-order valence-electron chi connectivity index (χ1n) is 7.92. The molecule has 122 valence electrons. The summed E-state index contributed by atoms with van der Waals surface area (Å²) in [6.45, 7) is 8.13. The van der Waals surface area contributed by atoms with Crippen LogP contribution in [0.5, 0.6) is 0 Å². The van der Waals surface area contributed by atoms with Crippen LogP contribution in [-0.4, -0.2) is 34.7 Å². The predicted octanol–water partition coefficient (Wildman–Crippen LogP) is 3.28. The molecule has 1 aliphatic rings. The Hall–Kier alpha value is -2.14. The summed E-state index contributed by atoms with van der Waals surface area (Å²) in [4.78, 5) is 15.0. The van der Waals surface area contributed by atoms with Crippen molar-refractivity contribution in [3.63, 3.8) is 0 Å². The molecule has 5 heteroatoms. The number of morpholine rings is 1. The number of carbonyl (C=O) groups is 1. The molecule has 0 unspecified atom stereocenters. The average molecular weight is 314 g/mol. The van der Waals surface area contributed by atoms with E-state index in [4.69, 9.17) is 9.26 Å². The van der Waals surface area contributed by atoms with Gasteiger partial charge in [0.05, 0.1) is 24.4 Å². The van der Waals surface area contributed by atoms with E-state index in [0.717, 1.165) is 5.56 Å². The number of carbonyl (C=O) groups excluding carboxylic acids is 1. The van der Waals surface area contributed by atoms with E-state index in [0.29, 0.717) is 23.6 Å². The number of benzene rings is 1. The first kappa shape index (κ1) is 15.7. The van der Waals surface area contributed by atoms with Gasteiger partial charge < -0.3 is 14.2 Å². The molecule has 1 fully saturated rings. The van der Waals surface area contributed by atoms with Crippen molar-refractivity contribution in [2.75, 3.05) is 6.61 Å². The van der Waals surface area contributed by atoms with Crippen molar-refractivity contribution in [1.82, 2.24) is 10.1 Å². The fourth-order valence-electron chi connectivity index (χ4n) is 3.33. The summed E-state index contributed by atoms with van der Waals surface area (Å²) in [5.41, 5.74) is 2.29. The first-order valence-corrected chi connectivity index (χ1v) is 7.92. The van der Waals surface area contributed by atoms with E-state index < -0.39 is 0 Å². The molecule has 1 saturated heterocycles. The molecule has 0 N–H and O–H groups in total. The summed E-state index contributed by atoms with van der Waals surface area (Å²) in [6, 6.07) is 9.97. The molecule has 1 aromatic carbocycles. The highest BCUT2D eigenvalue weighted by atomic mass is 16.5. The maximum atomic E-state index is 13.1. The SMILES string of the molecule is Cc1noc(C)c1C(=O)N1[C@H](C)CO[C@H](c2ccccc2)[C@@H]1C. The Morgan fingerprint density at radius 3 is 2.52 bits per heavy atom. The maximum absolute atomic E-state index is 13.1. The van der Waals surface area contributed by atoms with Crippen LogP contribution in [-0.2, 0) is 4.74 Å². The van der Waals surface area contributed by atoms with E-state index in [1.807, 2.05) is 49.1 Å². The summed E-state index contributed by atoms with van der Waals surface area (Å²) in [5, 5.41) is 3.91. The number of ether oxygens (including phenoxy) is 1. The molecule has 0 aliphatic carbocycles. The largest absolute Gasteiger partial charge is 0.369 e. The molecular formula is C18H22N2O3. The van der Waals surface area contributed by atoms with Crippen molar-refractivity contribution in [3.05, 3.63) is 52.9 Å². The third-order valence-corrected chi connectivity index (χ3v) is 4.48. The summed E-state index contributed by atoms with van der Waals surface area (Å²) in [7, 11) is 0. The lowest BCUT2D eigenvalue weighted by Gasteiger charge is -2.43. The normalized spacial score (nSPS) is 24.7. The molecule has 0 bridgehead atoms. The van der Waals surface area contributed by atoms with E-state index in [2.05, 4.69) is 5.16 Å². The molecule has 0 spiro atoms. The second-order valence-corrected chi connectivity index (χ2v) is 6.17. The van der Waals surface area contributed by atoms with Crippen LogP contribution in [0.3, 0.4) is 0 Å². The molecule has 23 heavy (non-hydrogen) atoms. The molecule has 1 aromatic heterocycles. The van der Waals surface area contributed by atoms with Crippen molar-refractivity contribution in [2.45, 2.75) is 45.9 Å². The Kier molecular flexibility index (Phi) is 4.22. The first-order chi connectivity index (χ1) is 11.0. The third-order valence-electron chi connectivity index (χ3n) is 4.48. The van der Waals surface area contributed by atoms with Crippen LogP contribution in [0.15, 0.2) is 34.9 Å². The number of hydrogen-bond donors (Lipinski definition) is 0. The second kappa shape index (κ2) is 6.16. The molecule has 3 rings (SSSR count). The summed E-state index contributed by atoms with van der Waals surface area (Å²) >= 11 is 0. The fraction of sp³-hybridized carbons (Fsp3) is 0.444. The lowest BCUT2D eigenvalue weighted by Crippen LogP contribution is -2.53. The van der Waals surface area contributed by atoms with Gasteiger partial charge >= 0.3 is 0 Å². The van der Waals surface area contributed by atoms with Crippen molar-refractivity contribution in [3.8, 4) is 0 Å². The van der Waals surface area contributed by atoms with Gasteiger partial charge in [0, 0.05) is 0 Å². The van der Waals surface area contributed by atoms with Crippen LogP contribution in [0.25, 0.3) is 0 Å². The molecular weight excluding hydrogens is 292 g/mol. The Labute approximate surface area is 136 Å². The number of rotatable bonds is 2. The van der Waals surface area contributed by atoms with Gasteiger partial charge in [-0.1, -0.05) is 35.5 Å². The molecule has 0 saturated carbocycles. The number of hydrogen-bond acceptors (Lipinski definition) is 4. The Balaban J connectivity index is 1.92. The molecule has 0 radical (unpaired) electrons. The van der Waals surface area contributed by atoms with E-state index in [1.54, 1.807) is 13.8 Å². The lowest BCUT2D eigenvalue weighted by molar-refractivity contribution is -0.0806.